The molecule has 0 amide bonds. The molecule has 1 rings (SSSR count). The zero-order valence-corrected chi connectivity index (χ0v) is 9.31. The lowest BCUT2D eigenvalue weighted by molar-refractivity contribution is 0.469. The third-order valence-corrected chi connectivity index (χ3v) is 3.33. The van der Waals surface area contributed by atoms with Crippen LogP contribution >= 0.6 is 0 Å². The first kappa shape index (κ1) is 11.0. The fraction of sp³-hybridized carbons (Fsp3) is 1.00. The molecule has 0 aliphatic heterocycles. The molecule has 0 heterocycles. The third kappa shape index (κ3) is 4.12. The lowest BCUT2D eigenvalue weighted by atomic mass is 10.1. The minimum absolute atomic E-state index is 0.849. The molecule has 1 saturated carbocycles. The second kappa shape index (κ2) is 6.42. The van der Waals surface area contributed by atoms with Gasteiger partial charge in [-0.3, -0.25) is 0 Å². The summed E-state index contributed by atoms with van der Waals surface area (Å²) in [5.74, 6) is 1.02. The molecule has 1 nitrogen and oxygen atoms in total. The Morgan fingerprint density at radius 3 is 2.62 bits per heavy atom. The molecule has 0 aromatic heterocycles. The van der Waals surface area contributed by atoms with Crippen molar-refractivity contribution >= 4 is 0 Å². The van der Waals surface area contributed by atoms with E-state index in [1.165, 1.54) is 51.5 Å². The minimum Gasteiger partial charge on any atom is -0.314 e. The maximum absolute atomic E-state index is 3.68. The van der Waals surface area contributed by atoms with Gasteiger partial charge in [-0.2, -0.15) is 0 Å². The predicted molar refractivity (Wildman–Crippen MR) is 58.9 cm³/mol. The predicted octanol–water partition coefficient (Wildman–Crippen LogP) is 3.34. The summed E-state index contributed by atoms with van der Waals surface area (Å²) in [5.41, 5.74) is 0. The highest BCUT2D eigenvalue weighted by Gasteiger charge is 2.22. The van der Waals surface area contributed by atoms with Gasteiger partial charge in [-0.25, -0.2) is 0 Å². The van der Waals surface area contributed by atoms with Gasteiger partial charge in [0.15, 0.2) is 0 Å². The molecule has 0 bridgehead atoms. The molecule has 0 aromatic rings. The first-order chi connectivity index (χ1) is 6.36. The molecule has 78 valence electrons. The second-order valence-corrected chi connectivity index (χ2v) is 4.45. The molecular weight excluding hydrogens is 158 g/mol. The first-order valence-electron chi connectivity index (χ1n) is 6.10. The molecule has 1 heteroatoms. The lowest BCUT2D eigenvalue weighted by Gasteiger charge is -2.12. The fourth-order valence-corrected chi connectivity index (χ4v) is 2.31. The summed E-state index contributed by atoms with van der Waals surface area (Å²) in [5, 5.41) is 3.68. The van der Waals surface area contributed by atoms with E-state index < -0.39 is 0 Å². The molecule has 13 heavy (non-hydrogen) atoms. The second-order valence-electron chi connectivity index (χ2n) is 4.45. The van der Waals surface area contributed by atoms with Crippen LogP contribution in [0.5, 0.6) is 0 Å². The SMILES string of the molecule is CCCCCNC1CCC(CC)C1. The quantitative estimate of drug-likeness (QED) is 0.623. The van der Waals surface area contributed by atoms with Crippen LogP contribution < -0.4 is 5.32 Å². The van der Waals surface area contributed by atoms with E-state index >= 15 is 0 Å². The van der Waals surface area contributed by atoms with E-state index in [9.17, 15) is 0 Å². The van der Waals surface area contributed by atoms with Crippen molar-refractivity contribution in [2.45, 2.75) is 64.8 Å². The van der Waals surface area contributed by atoms with Gasteiger partial charge in [-0.05, 0) is 38.1 Å². The van der Waals surface area contributed by atoms with Crippen molar-refractivity contribution in [1.29, 1.82) is 0 Å². The highest BCUT2D eigenvalue weighted by atomic mass is 14.9. The van der Waals surface area contributed by atoms with Crippen molar-refractivity contribution in [3.05, 3.63) is 0 Å². The van der Waals surface area contributed by atoms with E-state index in [1.54, 1.807) is 0 Å². The van der Waals surface area contributed by atoms with Gasteiger partial charge >= 0.3 is 0 Å². The fourth-order valence-electron chi connectivity index (χ4n) is 2.31. The van der Waals surface area contributed by atoms with Gasteiger partial charge in [0.1, 0.15) is 0 Å². The van der Waals surface area contributed by atoms with E-state index in [2.05, 4.69) is 19.2 Å². The molecule has 2 unspecified atom stereocenters. The van der Waals surface area contributed by atoms with Gasteiger partial charge in [-0.15, -0.1) is 0 Å². The summed E-state index contributed by atoms with van der Waals surface area (Å²) < 4.78 is 0. The zero-order valence-electron chi connectivity index (χ0n) is 9.31. The van der Waals surface area contributed by atoms with Crippen molar-refractivity contribution in [3.63, 3.8) is 0 Å². The molecule has 1 aliphatic carbocycles. The number of hydrogen-bond donors (Lipinski definition) is 1. The van der Waals surface area contributed by atoms with Gasteiger partial charge < -0.3 is 5.32 Å². The lowest BCUT2D eigenvalue weighted by Crippen LogP contribution is -2.27. The topological polar surface area (TPSA) is 12.0 Å². The Morgan fingerprint density at radius 2 is 2.00 bits per heavy atom. The highest BCUT2D eigenvalue weighted by molar-refractivity contribution is 4.79. The summed E-state index contributed by atoms with van der Waals surface area (Å²) in [4.78, 5) is 0. The van der Waals surface area contributed by atoms with E-state index in [0.717, 1.165) is 12.0 Å². The largest absolute Gasteiger partial charge is 0.314 e. The molecule has 0 saturated heterocycles. The zero-order chi connectivity index (χ0) is 9.52. The summed E-state index contributed by atoms with van der Waals surface area (Å²) in [6.07, 6.45) is 9.78. The molecule has 1 N–H and O–H groups in total. The maximum Gasteiger partial charge on any atom is 0.00698 e. The van der Waals surface area contributed by atoms with Gasteiger partial charge in [0.2, 0.25) is 0 Å². The van der Waals surface area contributed by atoms with Crippen LogP contribution in [0, 0.1) is 5.92 Å². The van der Waals surface area contributed by atoms with E-state index in [1.807, 2.05) is 0 Å². The Morgan fingerprint density at radius 1 is 1.15 bits per heavy atom. The Bertz CT molecular complexity index is 122. The van der Waals surface area contributed by atoms with Crippen LogP contribution in [0.25, 0.3) is 0 Å². The standard InChI is InChI=1S/C12H25N/c1-3-5-6-9-13-12-8-7-11(4-2)10-12/h11-13H,3-10H2,1-2H3. The number of rotatable bonds is 6. The number of unbranched alkanes of at least 4 members (excludes halogenated alkanes) is 2. The van der Waals surface area contributed by atoms with E-state index in [4.69, 9.17) is 0 Å². The van der Waals surface area contributed by atoms with Gasteiger partial charge in [0.05, 0.1) is 0 Å². The van der Waals surface area contributed by atoms with Crippen LogP contribution in [0.15, 0.2) is 0 Å². The van der Waals surface area contributed by atoms with Gasteiger partial charge in [0.25, 0.3) is 0 Å². The maximum atomic E-state index is 3.68. The van der Waals surface area contributed by atoms with Gasteiger partial charge in [0, 0.05) is 6.04 Å². The van der Waals surface area contributed by atoms with E-state index in [0.29, 0.717) is 0 Å². The molecule has 1 aliphatic rings. The van der Waals surface area contributed by atoms with Crippen LogP contribution in [-0.4, -0.2) is 12.6 Å². The molecule has 0 radical (unpaired) electrons. The number of hydrogen-bond acceptors (Lipinski definition) is 1. The normalized spacial score (nSPS) is 28.2. The highest BCUT2D eigenvalue weighted by Crippen LogP contribution is 2.27. The average molecular weight is 183 g/mol. The van der Waals surface area contributed by atoms with Crippen LogP contribution in [0.4, 0.5) is 0 Å². The third-order valence-electron chi connectivity index (χ3n) is 3.33. The van der Waals surface area contributed by atoms with Crippen molar-refractivity contribution < 1.29 is 0 Å². The molecule has 0 aromatic carbocycles. The van der Waals surface area contributed by atoms with Crippen molar-refractivity contribution in [2.24, 2.45) is 5.92 Å². The smallest absolute Gasteiger partial charge is 0.00698 e. The molecule has 0 spiro atoms. The summed E-state index contributed by atoms with van der Waals surface area (Å²) in [6.45, 7) is 5.84. The monoisotopic (exact) mass is 183 g/mol. The van der Waals surface area contributed by atoms with E-state index in [-0.39, 0.29) is 0 Å². The Kier molecular flexibility index (Phi) is 5.45. The summed E-state index contributed by atoms with van der Waals surface area (Å²) in [6, 6.07) is 0.849. The molecule has 1 fully saturated rings. The molecular formula is C12H25N. The Balaban J connectivity index is 1.97. The molecule has 2 atom stereocenters. The van der Waals surface area contributed by atoms with Crippen LogP contribution in [-0.2, 0) is 0 Å². The number of nitrogens with one attached hydrogen (secondary N) is 1. The Hall–Kier alpha value is -0.0400. The van der Waals surface area contributed by atoms with Crippen molar-refractivity contribution in [3.8, 4) is 0 Å². The minimum atomic E-state index is 0.849. The van der Waals surface area contributed by atoms with Crippen molar-refractivity contribution in [2.75, 3.05) is 6.54 Å². The van der Waals surface area contributed by atoms with Crippen LogP contribution in [0.2, 0.25) is 0 Å². The first-order valence-corrected chi connectivity index (χ1v) is 6.10. The van der Waals surface area contributed by atoms with Gasteiger partial charge in [-0.1, -0.05) is 33.1 Å². The summed E-state index contributed by atoms with van der Waals surface area (Å²) in [7, 11) is 0. The Labute approximate surface area is 83.3 Å². The summed E-state index contributed by atoms with van der Waals surface area (Å²) >= 11 is 0. The van der Waals surface area contributed by atoms with Crippen molar-refractivity contribution in [1.82, 2.24) is 5.32 Å². The van der Waals surface area contributed by atoms with Crippen LogP contribution in [0.1, 0.15) is 58.8 Å². The average Bonchev–Trinajstić information content (AvgIpc) is 2.60. The van der Waals surface area contributed by atoms with Crippen LogP contribution in [0.3, 0.4) is 0 Å².